The van der Waals surface area contributed by atoms with Crippen LogP contribution in [-0.4, -0.2) is 10.6 Å². The lowest BCUT2D eigenvalue weighted by Gasteiger charge is -2.29. The minimum atomic E-state index is -0.577. The molecule has 0 fully saturated rings. The first-order chi connectivity index (χ1) is 5.99. The van der Waals surface area contributed by atoms with E-state index in [0.717, 1.165) is 27.9 Å². The molecule has 2 rings (SSSR count). The first-order valence-corrected chi connectivity index (χ1v) is 5.30. The Balaban J connectivity index is 2.45. The van der Waals surface area contributed by atoms with Gasteiger partial charge in [-0.2, -0.15) is 0 Å². The van der Waals surface area contributed by atoms with Crippen LogP contribution in [0.15, 0.2) is 0 Å². The van der Waals surface area contributed by atoms with E-state index < -0.39 is 5.66 Å². The van der Waals surface area contributed by atoms with E-state index in [-0.39, 0.29) is 0 Å². The van der Waals surface area contributed by atoms with Crippen molar-refractivity contribution in [3.8, 4) is 0 Å². The fourth-order valence-corrected chi connectivity index (χ4v) is 2.69. The molecule has 1 heterocycles. The van der Waals surface area contributed by atoms with Crippen LogP contribution >= 0.6 is 22.6 Å². The predicted octanol–water partition coefficient (Wildman–Crippen LogP) is 0.304. The summed E-state index contributed by atoms with van der Waals surface area (Å²) in [4.78, 5) is 3.11. The molecule has 0 aliphatic heterocycles. The van der Waals surface area contributed by atoms with Gasteiger partial charge in [-0.15, -0.1) is 0 Å². The molecule has 4 nitrogen and oxygen atoms in total. The number of nitrogens with two attached hydrogens (primary N) is 3. The van der Waals surface area contributed by atoms with Crippen LogP contribution in [0.3, 0.4) is 0 Å². The van der Waals surface area contributed by atoms with Crippen LogP contribution in [0, 0.1) is 3.70 Å². The van der Waals surface area contributed by atoms with Gasteiger partial charge in [0.1, 0.15) is 5.82 Å². The van der Waals surface area contributed by atoms with Gasteiger partial charge in [-0.3, -0.25) is 0 Å². The molecule has 1 aliphatic carbocycles. The number of rotatable bonds is 0. The molecule has 0 bridgehead atoms. The third kappa shape index (κ3) is 1.55. The quantitative estimate of drug-likeness (QED) is 0.409. The summed E-state index contributed by atoms with van der Waals surface area (Å²) in [5.74, 6) is 0.722. The summed E-state index contributed by atoms with van der Waals surface area (Å²) >= 11 is 2.26. The van der Waals surface area contributed by atoms with Gasteiger partial charge in [-0.1, -0.05) is 0 Å². The average Bonchev–Trinajstić information content (AvgIpc) is 2.26. The Kier molecular flexibility index (Phi) is 2.04. The SMILES string of the molecule is Nc1[nH]c(I)c2c1CC(N)(N)CC2. The molecule has 1 aromatic heterocycles. The van der Waals surface area contributed by atoms with Crippen LogP contribution in [0.2, 0.25) is 0 Å². The summed E-state index contributed by atoms with van der Waals surface area (Å²) in [6.45, 7) is 0. The summed E-state index contributed by atoms with van der Waals surface area (Å²) in [6.07, 6.45) is 2.43. The number of anilines is 1. The molecule has 13 heavy (non-hydrogen) atoms. The van der Waals surface area contributed by atoms with Crippen LogP contribution < -0.4 is 17.2 Å². The van der Waals surface area contributed by atoms with Gasteiger partial charge in [0.15, 0.2) is 0 Å². The molecule has 0 saturated carbocycles. The molecule has 0 radical (unpaired) electrons. The lowest BCUT2D eigenvalue weighted by molar-refractivity contribution is 0.387. The van der Waals surface area contributed by atoms with Gasteiger partial charge in [-0.25, -0.2) is 0 Å². The third-order valence-corrected chi connectivity index (χ3v) is 3.47. The standard InChI is InChI=1S/C8H13IN4/c9-6-4-1-2-8(11,12)3-5(4)7(10)13-6/h13H,1-3,10-12H2. The minimum Gasteiger partial charge on any atom is -0.385 e. The maximum atomic E-state index is 5.88. The zero-order valence-corrected chi connectivity index (χ0v) is 9.39. The van der Waals surface area contributed by atoms with Gasteiger partial charge in [0, 0.05) is 12.0 Å². The number of aromatic nitrogens is 1. The van der Waals surface area contributed by atoms with Crippen LogP contribution in [0.25, 0.3) is 0 Å². The Bertz CT molecular complexity index is 342. The maximum absolute atomic E-state index is 5.88. The van der Waals surface area contributed by atoms with E-state index >= 15 is 0 Å². The molecule has 1 aromatic rings. The van der Waals surface area contributed by atoms with E-state index in [1.54, 1.807) is 0 Å². The van der Waals surface area contributed by atoms with Crippen molar-refractivity contribution in [1.29, 1.82) is 0 Å². The topological polar surface area (TPSA) is 93.8 Å². The van der Waals surface area contributed by atoms with Gasteiger partial charge in [0.05, 0.1) is 9.36 Å². The van der Waals surface area contributed by atoms with Gasteiger partial charge < -0.3 is 22.2 Å². The highest BCUT2D eigenvalue weighted by atomic mass is 127. The molecule has 0 amide bonds. The normalized spacial score (nSPS) is 19.9. The Morgan fingerprint density at radius 1 is 1.31 bits per heavy atom. The van der Waals surface area contributed by atoms with Crippen molar-refractivity contribution in [2.75, 3.05) is 5.73 Å². The Morgan fingerprint density at radius 2 is 2.00 bits per heavy atom. The predicted molar refractivity (Wildman–Crippen MR) is 61.1 cm³/mol. The number of fused-ring (bicyclic) bond motifs is 1. The molecule has 1 aliphatic rings. The van der Waals surface area contributed by atoms with Gasteiger partial charge >= 0.3 is 0 Å². The smallest absolute Gasteiger partial charge is 0.105 e. The summed E-state index contributed by atoms with van der Waals surface area (Å²) < 4.78 is 1.13. The molecule has 7 N–H and O–H groups in total. The van der Waals surface area contributed by atoms with E-state index in [4.69, 9.17) is 17.2 Å². The largest absolute Gasteiger partial charge is 0.385 e. The highest BCUT2D eigenvalue weighted by Gasteiger charge is 2.30. The monoisotopic (exact) mass is 292 g/mol. The van der Waals surface area contributed by atoms with Crippen LogP contribution in [-0.2, 0) is 12.8 Å². The molecule has 72 valence electrons. The number of nitrogen functional groups attached to an aromatic ring is 1. The lowest BCUT2D eigenvalue weighted by Crippen LogP contribution is -2.53. The molecule has 0 aromatic carbocycles. The number of H-pyrrole nitrogens is 1. The number of nitrogens with one attached hydrogen (secondary N) is 1. The minimum absolute atomic E-state index is 0.577. The summed E-state index contributed by atoms with van der Waals surface area (Å²) in [7, 11) is 0. The first kappa shape index (κ1) is 9.29. The van der Waals surface area contributed by atoms with Crippen molar-refractivity contribution in [2.45, 2.75) is 24.9 Å². The second kappa shape index (κ2) is 2.86. The van der Waals surface area contributed by atoms with Crippen LogP contribution in [0.5, 0.6) is 0 Å². The highest BCUT2D eigenvalue weighted by Crippen LogP contribution is 2.31. The van der Waals surface area contributed by atoms with E-state index in [1.807, 2.05) is 0 Å². The summed E-state index contributed by atoms with van der Waals surface area (Å²) in [5.41, 5.74) is 19.4. The van der Waals surface area contributed by atoms with Crippen LogP contribution in [0.4, 0.5) is 5.82 Å². The second-order valence-electron chi connectivity index (χ2n) is 3.72. The van der Waals surface area contributed by atoms with E-state index in [2.05, 4.69) is 27.6 Å². The van der Waals surface area contributed by atoms with E-state index in [1.165, 1.54) is 5.56 Å². The average molecular weight is 292 g/mol. The summed E-state index contributed by atoms with van der Waals surface area (Å²) in [5, 5.41) is 0. The zero-order chi connectivity index (χ0) is 9.64. The first-order valence-electron chi connectivity index (χ1n) is 4.22. The number of hydrogen-bond acceptors (Lipinski definition) is 3. The molecule has 0 spiro atoms. The van der Waals surface area contributed by atoms with E-state index in [9.17, 15) is 0 Å². The van der Waals surface area contributed by atoms with Crippen molar-refractivity contribution in [1.82, 2.24) is 4.98 Å². The molecular weight excluding hydrogens is 279 g/mol. The lowest BCUT2D eigenvalue weighted by atomic mass is 9.87. The van der Waals surface area contributed by atoms with Gasteiger partial charge in [0.2, 0.25) is 0 Å². The van der Waals surface area contributed by atoms with Crippen molar-refractivity contribution >= 4 is 28.4 Å². The van der Waals surface area contributed by atoms with Crippen LogP contribution in [0.1, 0.15) is 17.5 Å². The summed E-state index contributed by atoms with van der Waals surface area (Å²) in [6, 6.07) is 0. The highest BCUT2D eigenvalue weighted by molar-refractivity contribution is 14.1. The Morgan fingerprint density at radius 3 is 2.69 bits per heavy atom. The Labute approximate surface area is 90.4 Å². The number of hydrogen-bond donors (Lipinski definition) is 4. The van der Waals surface area contributed by atoms with Gasteiger partial charge in [-0.05, 0) is 41.0 Å². The third-order valence-electron chi connectivity index (χ3n) is 2.55. The van der Waals surface area contributed by atoms with Crippen molar-refractivity contribution in [3.63, 3.8) is 0 Å². The fraction of sp³-hybridized carbons (Fsp3) is 0.500. The molecule has 5 heteroatoms. The molecule has 0 atom stereocenters. The Hall–Kier alpha value is -0.270. The molecular formula is C8H13IN4. The van der Waals surface area contributed by atoms with Crippen molar-refractivity contribution in [2.24, 2.45) is 11.5 Å². The number of aromatic amines is 1. The van der Waals surface area contributed by atoms with Crippen molar-refractivity contribution < 1.29 is 0 Å². The zero-order valence-electron chi connectivity index (χ0n) is 7.23. The second-order valence-corrected chi connectivity index (χ2v) is 4.80. The van der Waals surface area contributed by atoms with E-state index in [0.29, 0.717) is 6.42 Å². The van der Waals surface area contributed by atoms with Gasteiger partial charge in [0.25, 0.3) is 0 Å². The number of halogens is 1. The van der Waals surface area contributed by atoms with Crippen molar-refractivity contribution in [3.05, 3.63) is 14.8 Å². The molecule has 0 saturated heterocycles. The maximum Gasteiger partial charge on any atom is 0.105 e. The fourth-order valence-electron chi connectivity index (χ4n) is 1.80. The molecule has 0 unspecified atom stereocenters.